The highest BCUT2D eigenvalue weighted by atomic mass is 19.4. The van der Waals surface area contributed by atoms with Crippen LogP contribution in [0.25, 0.3) is 0 Å². The van der Waals surface area contributed by atoms with Gasteiger partial charge in [-0.1, -0.05) is 24.3 Å². The highest BCUT2D eigenvalue weighted by molar-refractivity contribution is 5.81. The van der Waals surface area contributed by atoms with E-state index in [1.807, 2.05) is 19.1 Å². The maximum Gasteiger partial charge on any atom is 0.411 e. The Labute approximate surface area is 162 Å². The van der Waals surface area contributed by atoms with Gasteiger partial charge in [-0.05, 0) is 30.9 Å². The lowest BCUT2D eigenvalue weighted by Crippen LogP contribution is -2.41. The Morgan fingerprint density at radius 3 is 2.36 bits per heavy atom. The molecule has 156 valence electrons. The number of guanidine groups is 1. The lowest BCUT2D eigenvalue weighted by Gasteiger charge is -2.12. The summed E-state index contributed by atoms with van der Waals surface area (Å²) in [6.45, 7) is 2.86. The van der Waals surface area contributed by atoms with Crippen molar-refractivity contribution >= 4 is 11.9 Å². The number of nitrogens with zero attached hydrogens (tertiary/aromatic N) is 1. The van der Waals surface area contributed by atoms with Crippen molar-refractivity contribution in [3.8, 4) is 0 Å². The quantitative estimate of drug-likeness (QED) is 0.320. The van der Waals surface area contributed by atoms with Crippen LogP contribution in [0.3, 0.4) is 0 Å². The van der Waals surface area contributed by atoms with Gasteiger partial charge in [0.1, 0.15) is 6.61 Å². The van der Waals surface area contributed by atoms with Gasteiger partial charge < -0.3 is 20.7 Å². The topological polar surface area (TPSA) is 74.8 Å². The minimum absolute atomic E-state index is 0.0835. The summed E-state index contributed by atoms with van der Waals surface area (Å²) >= 11 is 0. The van der Waals surface area contributed by atoms with Gasteiger partial charge in [-0.25, -0.2) is 4.99 Å². The molecule has 0 saturated heterocycles. The first kappa shape index (κ1) is 22.0. The lowest BCUT2D eigenvalue weighted by atomic mass is 10.1. The number of amides is 1. The zero-order valence-corrected chi connectivity index (χ0v) is 15.9. The van der Waals surface area contributed by atoms with Crippen LogP contribution >= 0.6 is 0 Å². The third-order valence-corrected chi connectivity index (χ3v) is 3.99. The van der Waals surface area contributed by atoms with Crippen LogP contribution < -0.4 is 16.0 Å². The number of halogens is 3. The molecule has 1 aliphatic carbocycles. The van der Waals surface area contributed by atoms with Gasteiger partial charge in [-0.15, -0.1) is 0 Å². The number of aliphatic imine (C=N–C) groups is 1. The number of carbonyl (C=O) groups excluding carboxylic acids is 1. The molecule has 1 fully saturated rings. The monoisotopic (exact) mass is 400 g/mol. The summed E-state index contributed by atoms with van der Waals surface area (Å²) < 4.78 is 40.9. The minimum atomic E-state index is -4.31. The molecule has 9 heteroatoms. The van der Waals surface area contributed by atoms with Crippen molar-refractivity contribution in [1.29, 1.82) is 0 Å². The number of nitrogens with one attached hydrogen (secondary N) is 3. The average molecular weight is 400 g/mol. The normalized spacial score (nSPS) is 14.6. The number of hydrogen-bond acceptors (Lipinski definition) is 3. The Balaban J connectivity index is 1.73. The molecule has 6 nitrogen and oxygen atoms in total. The molecule has 1 saturated carbocycles. The molecule has 0 aromatic heterocycles. The fourth-order valence-electron chi connectivity index (χ4n) is 2.39. The fourth-order valence-corrected chi connectivity index (χ4v) is 2.39. The molecule has 0 spiro atoms. The van der Waals surface area contributed by atoms with E-state index in [1.54, 1.807) is 12.1 Å². The highest BCUT2D eigenvalue weighted by Gasteiger charge is 2.29. The molecule has 1 amide bonds. The number of alkyl halides is 3. The molecule has 2 rings (SSSR count). The summed E-state index contributed by atoms with van der Waals surface area (Å²) in [5.41, 5.74) is 1.60. The Bertz CT molecular complexity index is 644. The largest absolute Gasteiger partial charge is 0.411 e. The third-order valence-electron chi connectivity index (χ3n) is 3.99. The molecular weight excluding hydrogens is 373 g/mol. The van der Waals surface area contributed by atoms with Crippen molar-refractivity contribution < 1.29 is 22.7 Å². The number of hydrogen-bond donors (Lipinski definition) is 3. The Kier molecular flexibility index (Phi) is 8.56. The molecule has 1 aliphatic rings. The van der Waals surface area contributed by atoms with Crippen molar-refractivity contribution in [1.82, 2.24) is 16.0 Å². The van der Waals surface area contributed by atoms with Gasteiger partial charge in [0.15, 0.2) is 5.96 Å². The van der Waals surface area contributed by atoms with Crippen LogP contribution in [0.2, 0.25) is 0 Å². The predicted molar refractivity (Wildman–Crippen MR) is 101 cm³/mol. The zero-order chi connectivity index (χ0) is 20.4. The predicted octanol–water partition coefficient (Wildman–Crippen LogP) is 2.35. The van der Waals surface area contributed by atoms with Crippen molar-refractivity contribution in [3.05, 3.63) is 35.4 Å². The van der Waals surface area contributed by atoms with Gasteiger partial charge in [0.2, 0.25) is 5.91 Å². The van der Waals surface area contributed by atoms with Crippen LogP contribution in [0.1, 0.15) is 30.9 Å². The molecule has 1 aromatic rings. The van der Waals surface area contributed by atoms with Crippen molar-refractivity contribution in [2.24, 2.45) is 10.9 Å². The molecule has 0 aliphatic heterocycles. The number of rotatable bonds is 10. The van der Waals surface area contributed by atoms with E-state index in [1.165, 1.54) is 0 Å². The Hall–Kier alpha value is -2.29. The van der Waals surface area contributed by atoms with E-state index in [9.17, 15) is 18.0 Å². The van der Waals surface area contributed by atoms with Crippen molar-refractivity contribution in [2.75, 3.05) is 26.2 Å². The van der Waals surface area contributed by atoms with Gasteiger partial charge in [0.25, 0.3) is 0 Å². The van der Waals surface area contributed by atoms with E-state index in [0.717, 1.165) is 18.4 Å². The van der Waals surface area contributed by atoms with Gasteiger partial charge in [0.05, 0.1) is 13.2 Å². The zero-order valence-electron chi connectivity index (χ0n) is 15.9. The second kappa shape index (κ2) is 10.9. The van der Waals surface area contributed by atoms with Crippen molar-refractivity contribution in [2.45, 2.75) is 39.1 Å². The van der Waals surface area contributed by atoms with Crippen LogP contribution in [-0.4, -0.2) is 44.3 Å². The third kappa shape index (κ3) is 9.07. The van der Waals surface area contributed by atoms with Crippen LogP contribution in [0.15, 0.2) is 29.3 Å². The maximum atomic E-state index is 12.1. The van der Waals surface area contributed by atoms with Gasteiger partial charge >= 0.3 is 6.18 Å². The van der Waals surface area contributed by atoms with E-state index in [4.69, 9.17) is 0 Å². The van der Waals surface area contributed by atoms with Gasteiger partial charge in [-0.3, -0.25) is 4.79 Å². The Morgan fingerprint density at radius 1 is 1.11 bits per heavy atom. The number of ether oxygens (including phenoxy) is 1. The van der Waals surface area contributed by atoms with Gasteiger partial charge in [0, 0.05) is 25.6 Å². The number of benzene rings is 1. The number of carbonyl (C=O) groups is 1. The molecule has 0 radical (unpaired) electrons. The lowest BCUT2D eigenvalue weighted by molar-refractivity contribution is -0.176. The summed E-state index contributed by atoms with van der Waals surface area (Å²) in [4.78, 5) is 16.1. The van der Waals surface area contributed by atoms with E-state index >= 15 is 0 Å². The minimum Gasteiger partial charge on any atom is -0.367 e. The molecule has 1 aromatic carbocycles. The molecule has 0 unspecified atom stereocenters. The summed E-state index contributed by atoms with van der Waals surface area (Å²) in [7, 11) is 0. The van der Waals surface area contributed by atoms with Crippen LogP contribution in [0.4, 0.5) is 13.2 Å². The summed E-state index contributed by atoms with van der Waals surface area (Å²) in [6, 6.07) is 7.09. The first-order valence-electron chi connectivity index (χ1n) is 9.39. The van der Waals surface area contributed by atoms with Gasteiger partial charge in [-0.2, -0.15) is 13.2 Å². The molecular formula is C19H27F3N4O2. The highest BCUT2D eigenvalue weighted by Crippen LogP contribution is 2.28. The Morgan fingerprint density at radius 2 is 1.75 bits per heavy atom. The average Bonchev–Trinajstić information content (AvgIpc) is 3.48. The van der Waals surface area contributed by atoms with E-state index in [-0.39, 0.29) is 18.4 Å². The first-order chi connectivity index (χ1) is 13.4. The van der Waals surface area contributed by atoms with E-state index < -0.39 is 12.8 Å². The SMILES string of the molecule is CCNC(=NCc1ccc(COCC(F)(F)F)cc1)NCCNC(=O)C1CC1. The summed E-state index contributed by atoms with van der Waals surface area (Å²) in [5.74, 6) is 0.951. The molecule has 0 bridgehead atoms. The molecule has 0 atom stereocenters. The van der Waals surface area contributed by atoms with Crippen LogP contribution in [0, 0.1) is 5.92 Å². The fraction of sp³-hybridized carbons (Fsp3) is 0.579. The molecule has 28 heavy (non-hydrogen) atoms. The van der Waals surface area contributed by atoms with Crippen LogP contribution in [-0.2, 0) is 22.7 Å². The van der Waals surface area contributed by atoms with E-state index in [2.05, 4.69) is 25.7 Å². The van der Waals surface area contributed by atoms with E-state index in [0.29, 0.717) is 37.7 Å². The summed E-state index contributed by atoms with van der Waals surface area (Å²) in [6.07, 6.45) is -2.35. The first-order valence-corrected chi connectivity index (χ1v) is 9.39. The second-order valence-corrected chi connectivity index (χ2v) is 6.61. The van der Waals surface area contributed by atoms with Crippen molar-refractivity contribution in [3.63, 3.8) is 0 Å². The summed E-state index contributed by atoms with van der Waals surface area (Å²) in [5, 5.41) is 9.17. The van der Waals surface area contributed by atoms with Crippen LogP contribution in [0.5, 0.6) is 0 Å². The molecule has 3 N–H and O–H groups in total. The molecule has 0 heterocycles. The second-order valence-electron chi connectivity index (χ2n) is 6.61. The maximum absolute atomic E-state index is 12.1. The smallest absolute Gasteiger partial charge is 0.367 e. The standard InChI is InChI=1S/C19H27F3N4O2/c1-2-23-18(25-10-9-24-17(27)16-7-8-16)26-11-14-3-5-15(6-4-14)12-28-13-19(20,21)22/h3-6,16H,2,7-13H2,1H3,(H,24,27)(H2,23,25,26).